The first-order chi connectivity index (χ1) is 13.4. The Morgan fingerprint density at radius 3 is 2.36 bits per heavy atom. The number of amides is 1. The Bertz CT molecular complexity index is 1010. The number of hydrogen-bond donors (Lipinski definition) is 3. The minimum atomic E-state index is -1.07. The zero-order valence-corrected chi connectivity index (χ0v) is 15.5. The number of aromatic carboxylic acids is 1. The number of aryl methyl sites for hydroxylation is 2. The van der Waals surface area contributed by atoms with Gasteiger partial charge in [0.15, 0.2) is 0 Å². The van der Waals surface area contributed by atoms with Crippen LogP contribution >= 0.6 is 0 Å². The van der Waals surface area contributed by atoms with E-state index in [1.54, 1.807) is 30.3 Å². The van der Waals surface area contributed by atoms with E-state index >= 15 is 0 Å². The number of phenolic OH excluding ortho intramolecular Hbond substituents is 1. The summed E-state index contributed by atoms with van der Waals surface area (Å²) in [4.78, 5) is 23.4. The third kappa shape index (κ3) is 4.57. The van der Waals surface area contributed by atoms with E-state index in [1.807, 2.05) is 37.3 Å². The van der Waals surface area contributed by atoms with E-state index in [-0.39, 0.29) is 23.6 Å². The molecule has 5 heteroatoms. The maximum atomic E-state index is 12.2. The molecule has 0 spiro atoms. The lowest BCUT2D eigenvalue weighted by Crippen LogP contribution is -2.15. The highest BCUT2D eigenvalue weighted by Crippen LogP contribution is 2.26. The van der Waals surface area contributed by atoms with Gasteiger partial charge in [-0.2, -0.15) is 0 Å². The van der Waals surface area contributed by atoms with Crippen LogP contribution in [0.5, 0.6) is 5.75 Å². The fourth-order valence-corrected chi connectivity index (χ4v) is 3.07. The van der Waals surface area contributed by atoms with E-state index in [1.165, 1.54) is 6.07 Å². The molecule has 3 aromatic rings. The number of carboxylic acid groups (broad SMARTS) is 1. The quantitative estimate of drug-likeness (QED) is 0.586. The molecule has 142 valence electrons. The number of hydrogen-bond acceptors (Lipinski definition) is 3. The van der Waals surface area contributed by atoms with E-state index in [4.69, 9.17) is 0 Å². The van der Waals surface area contributed by atoms with Crippen molar-refractivity contribution in [2.24, 2.45) is 0 Å². The van der Waals surface area contributed by atoms with Crippen LogP contribution in [0.4, 0.5) is 5.69 Å². The molecular weight excluding hydrogens is 354 g/mol. The number of rotatable bonds is 6. The fourth-order valence-electron chi connectivity index (χ4n) is 3.07. The summed E-state index contributed by atoms with van der Waals surface area (Å²) in [5.74, 6) is -1.06. The number of nitrogens with one attached hydrogen (secondary N) is 1. The molecule has 0 radical (unpaired) electrons. The summed E-state index contributed by atoms with van der Waals surface area (Å²) in [5, 5.41) is 21.4. The summed E-state index contributed by atoms with van der Waals surface area (Å²) in [7, 11) is 0. The monoisotopic (exact) mass is 375 g/mol. The molecule has 0 bridgehead atoms. The fraction of sp³-hybridized carbons (Fsp3) is 0.130. The molecule has 1 amide bonds. The third-order valence-corrected chi connectivity index (χ3v) is 4.55. The molecule has 0 aliphatic rings. The van der Waals surface area contributed by atoms with Gasteiger partial charge in [-0.1, -0.05) is 42.5 Å². The largest absolute Gasteiger partial charge is 0.508 e. The van der Waals surface area contributed by atoms with Gasteiger partial charge >= 0.3 is 5.97 Å². The minimum absolute atomic E-state index is 0.0736. The Morgan fingerprint density at radius 1 is 0.964 bits per heavy atom. The van der Waals surface area contributed by atoms with Crippen molar-refractivity contribution in [1.82, 2.24) is 0 Å². The van der Waals surface area contributed by atoms with E-state index in [2.05, 4.69) is 5.32 Å². The lowest BCUT2D eigenvalue weighted by molar-refractivity contribution is -0.116. The smallest absolute Gasteiger partial charge is 0.337 e. The molecule has 0 aliphatic carbocycles. The zero-order chi connectivity index (χ0) is 20.1. The second kappa shape index (κ2) is 8.39. The van der Waals surface area contributed by atoms with Crippen LogP contribution in [-0.2, 0) is 11.2 Å². The van der Waals surface area contributed by atoms with E-state index in [0.29, 0.717) is 12.1 Å². The van der Waals surface area contributed by atoms with Gasteiger partial charge in [0.1, 0.15) is 5.75 Å². The molecule has 0 aromatic heterocycles. The number of carbonyl (C=O) groups excluding carboxylic acids is 1. The van der Waals surface area contributed by atoms with Gasteiger partial charge in [0.05, 0.1) is 11.3 Å². The molecular formula is C23H21NO4. The molecule has 28 heavy (non-hydrogen) atoms. The molecule has 5 nitrogen and oxygen atoms in total. The van der Waals surface area contributed by atoms with Crippen LogP contribution in [0.1, 0.15) is 27.9 Å². The zero-order valence-electron chi connectivity index (χ0n) is 15.5. The summed E-state index contributed by atoms with van der Waals surface area (Å²) in [6, 6.07) is 19.5. The molecule has 0 aliphatic heterocycles. The van der Waals surface area contributed by atoms with Gasteiger partial charge < -0.3 is 15.5 Å². The van der Waals surface area contributed by atoms with Gasteiger partial charge in [-0.25, -0.2) is 4.79 Å². The molecule has 0 saturated heterocycles. The Hall–Kier alpha value is -3.60. The first kappa shape index (κ1) is 19.2. The average molecular weight is 375 g/mol. The van der Waals surface area contributed by atoms with Crippen molar-refractivity contribution in [2.75, 3.05) is 5.32 Å². The van der Waals surface area contributed by atoms with Crippen molar-refractivity contribution >= 4 is 17.6 Å². The van der Waals surface area contributed by atoms with Gasteiger partial charge in [-0.05, 0) is 59.9 Å². The molecule has 3 aromatic carbocycles. The van der Waals surface area contributed by atoms with Gasteiger partial charge in [-0.15, -0.1) is 0 Å². The van der Waals surface area contributed by atoms with Gasteiger partial charge in [0.25, 0.3) is 0 Å². The van der Waals surface area contributed by atoms with Crippen LogP contribution < -0.4 is 5.32 Å². The number of carbonyl (C=O) groups is 2. The van der Waals surface area contributed by atoms with Crippen molar-refractivity contribution in [1.29, 1.82) is 0 Å². The van der Waals surface area contributed by atoms with E-state index in [0.717, 1.165) is 22.3 Å². The van der Waals surface area contributed by atoms with Crippen LogP contribution in [0.2, 0.25) is 0 Å². The highest BCUT2D eigenvalue weighted by atomic mass is 16.4. The number of para-hydroxylation sites is 1. The van der Waals surface area contributed by atoms with Crippen molar-refractivity contribution in [2.45, 2.75) is 19.8 Å². The topological polar surface area (TPSA) is 86.6 Å². The minimum Gasteiger partial charge on any atom is -0.508 e. The Balaban J connectivity index is 1.62. The number of phenols is 1. The number of benzene rings is 3. The van der Waals surface area contributed by atoms with Gasteiger partial charge in [-0.3, -0.25) is 4.79 Å². The van der Waals surface area contributed by atoms with Crippen LogP contribution in [0.15, 0.2) is 66.7 Å². The Labute approximate surface area is 163 Å². The van der Waals surface area contributed by atoms with Crippen LogP contribution in [-0.4, -0.2) is 22.1 Å². The Morgan fingerprint density at radius 2 is 1.68 bits per heavy atom. The number of carboxylic acids is 1. The normalized spacial score (nSPS) is 10.5. The Kier molecular flexibility index (Phi) is 5.75. The SMILES string of the molecule is Cc1cc(O)ccc1-c1ccc(CCC(=O)Nc2ccccc2C(=O)O)cc1. The van der Waals surface area contributed by atoms with Crippen molar-refractivity contribution < 1.29 is 19.8 Å². The van der Waals surface area contributed by atoms with Gasteiger partial charge in [0.2, 0.25) is 5.91 Å². The van der Waals surface area contributed by atoms with E-state index in [9.17, 15) is 19.8 Å². The predicted octanol–water partition coefficient (Wildman–Crippen LogP) is 4.64. The van der Waals surface area contributed by atoms with Crippen molar-refractivity contribution in [3.63, 3.8) is 0 Å². The van der Waals surface area contributed by atoms with E-state index < -0.39 is 5.97 Å². The molecule has 0 unspecified atom stereocenters. The number of aromatic hydroxyl groups is 1. The van der Waals surface area contributed by atoms with Crippen LogP contribution in [0.25, 0.3) is 11.1 Å². The maximum absolute atomic E-state index is 12.2. The lowest BCUT2D eigenvalue weighted by Gasteiger charge is -2.09. The van der Waals surface area contributed by atoms with Crippen molar-refractivity contribution in [3.05, 3.63) is 83.4 Å². The molecule has 0 atom stereocenters. The van der Waals surface area contributed by atoms with Crippen molar-refractivity contribution in [3.8, 4) is 16.9 Å². The molecule has 3 N–H and O–H groups in total. The summed E-state index contributed by atoms with van der Waals surface area (Å²) in [6.45, 7) is 1.95. The van der Waals surface area contributed by atoms with Crippen LogP contribution in [0, 0.1) is 6.92 Å². The predicted molar refractivity (Wildman–Crippen MR) is 109 cm³/mol. The average Bonchev–Trinajstić information content (AvgIpc) is 2.67. The first-order valence-corrected chi connectivity index (χ1v) is 8.95. The first-order valence-electron chi connectivity index (χ1n) is 8.95. The standard InChI is InChI=1S/C23H21NO4/c1-15-14-18(25)11-12-19(15)17-9-6-16(7-10-17)8-13-22(26)24-21-5-3-2-4-20(21)23(27)28/h2-7,9-12,14,25H,8,13H2,1H3,(H,24,26)(H,27,28). The summed E-state index contributed by atoms with van der Waals surface area (Å²) in [6.07, 6.45) is 0.807. The maximum Gasteiger partial charge on any atom is 0.337 e. The highest BCUT2D eigenvalue weighted by molar-refractivity contribution is 6.00. The second-order valence-electron chi connectivity index (χ2n) is 6.60. The third-order valence-electron chi connectivity index (χ3n) is 4.55. The van der Waals surface area contributed by atoms with Crippen LogP contribution in [0.3, 0.4) is 0 Å². The summed E-state index contributed by atoms with van der Waals surface area (Å²) >= 11 is 0. The summed E-state index contributed by atoms with van der Waals surface area (Å²) in [5.41, 5.74) is 4.47. The van der Waals surface area contributed by atoms with Gasteiger partial charge in [0, 0.05) is 6.42 Å². The molecule has 0 fully saturated rings. The molecule has 3 rings (SSSR count). The molecule has 0 heterocycles. The molecule has 0 saturated carbocycles. The highest BCUT2D eigenvalue weighted by Gasteiger charge is 2.11. The lowest BCUT2D eigenvalue weighted by atomic mass is 9.98. The number of anilines is 1. The summed E-state index contributed by atoms with van der Waals surface area (Å²) < 4.78 is 0. The second-order valence-corrected chi connectivity index (χ2v) is 6.60.